The summed E-state index contributed by atoms with van der Waals surface area (Å²) in [5.41, 5.74) is 0.921. The molecule has 3 rings (SSSR count). The van der Waals surface area contributed by atoms with Gasteiger partial charge in [0.15, 0.2) is 0 Å². The van der Waals surface area contributed by atoms with Crippen LogP contribution in [0.2, 0.25) is 5.02 Å². The van der Waals surface area contributed by atoms with Gasteiger partial charge in [-0.3, -0.25) is 9.10 Å². The SMILES string of the molecule is COC(=O)c1ccc(C(=O)OC)c(NC(=O)CN(c2ccccc2Cl)S(=O)(=O)c2ccc(C)cc2)c1. The molecule has 0 fully saturated rings. The van der Waals surface area contributed by atoms with Crippen molar-refractivity contribution in [2.45, 2.75) is 11.8 Å². The van der Waals surface area contributed by atoms with Crippen LogP contribution in [0.25, 0.3) is 0 Å². The largest absolute Gasteiger partial charge is 0.465 e. The van der Waals surface area contributed by atoms with Gasteiger partial charge in [-0.2, -0.15) is 0 Å². The maximum atomic E-state index is 13.5. The van der Waals surface area contributed by atoms with Crippen molar-refractivity contribution in [2.24, 2.45) is 0 Å². The molecule has 188 valence electrons. The zero-order chi connectivity index (χ0) is 26.5. The highest BCUT2D eigenvalue weighted by atomic mass is 35.5. The minimum Gasteiger partial charge on any atom is -0.465 e. The molecule has 0 radical (unpaired) electrons. The van der Waals surface area contributed by atoms with Gasteiger partial charge in [-0.25, -0.2) is 18.0 Å². The zero-order valence-electron chi connectivity index (χ0n) is 19.6. The van der Waals surface area contributed by atoms with Crippen molar-refractivity contribution >= 4 is 50.8 Å². The molecule has 0 saturated heterocycles. The number of para-hydroxylation sites is 1. The van der Waals surface area contributed by atoms with Crippen LogP contribution in [-0.4, -0.2) is 47.0 Å². The van der Waals surface area contributed by atoms with Crippen LogP contribution in [-0.2, 0) is 24.3 Å². The second-order valence-electron chi connectivity index (χ2n) is 7.57. The van der Waals surface area contributed by atoms with E-state index in [4.69, 9.17) is 21.1 Å². The van der Waals surface area contributed by atoms with Crippen LogP contribution in [0.3, 0.4) is 0 Å². The standard InChI is InChI=1S/C25H23ClN2O7S/c1-16-8-11-18(12-9-16)36(32,33)28(22-7-5-4-6-20(22)26)15-23(29)27-21-14-17(24(30)34-2)10-13-19(21)25(31)35-3/h4-14H,15H2,1-3H3,(H,27,29). The summed E-state index contributed by atoms with van der Waals surface area (Å²) in [6.07, 6.45) is 0. The minimum atomic E-state index is -4.22. The average Bonchev–Trinajstić information content (AvgIpc) is 2.87. The van der Waals surface area contributed by atoms with E-state index in [9.17, 15) is 22.8 Å². The molecule has 3 aromatic rings. The molecule has 0 aliphatic rings. The van der Waals surface area contributed by atoms with Crippen molar-refractivity contribution in [1.82, 2.24) is 0 Å². The second kappa shape index (κ2) is 11.2. The molecule has 0 atom stereocenters. The Hall–Kier alpha value is -3.89. The molecule has 9 nitrogen and oxygen atoms in total. The Balaban J connectivity index is 2.02. The number of esters is 2. The number of rotatable bonds is 8. The van der Waals surface area contributed by atoms with E-state index in [-0.39, 0.29) is 32.4 Å². The normalized spacial score (nSPS) is 10.9. The van der Waals surface area contributed by atoms with Gasteiger partial charge in [0.1, 0.15) is 6.54 Å². The highest BCUT2D eigenvalue weighted by Gasteiger charge is 2.29. The van der Waals surface area contributed by atoms with E-state index in [0.717, 1.165) is 17.0 Å². The van der Waals surface area contributed by atoms with Gasteiger partial charge in [-0.05, 0) is 49.4 Å². The van der Waals surface area contributed by atoms with Gasteiger partial charge >= 0.3 is 11.9 Å². The quantitative estimate of drug-likeness (QED) is 0.436. The maximum Gasteiger partial charge on any atom is 0.339 e. The first-order valence-electron chi connectivity index (χ1n) is 10.5. The minimum absolute atomic E-state index is 0.0378. The van der Waals surface area contributed by atoms with Crippen LogP contribution in [0.15, 0.2) is 71.6 Å². The number of carbonyl (C=O) groups is 3. The Morgan fingerprint density at radius 2 is 1.56 bits per heavy atom. The number of amides is 1. The number of hydrogen-bond donors (Lipinski definition) is 1. The third-order valence-electron chi connectivity index (χ3n) is 5.14. The molecule has 1 N–H and O–H groups in total. The molecular weight excluding hydrogens is 508 g/mol. The molecule has 0 bridgehead atoms. The lowest BCUT2D eigenvalue weighted by atomic mass is 10.1. The number of anilines is 2. The first-order chi connectivity index (χ1) is 17.1. The van der Waals surface area contributed by atoms with E-state index in [2.05, 4.69) is 5.32 Å². The van der Waals surface area contributed by atoms with Gasteiger partial charge in [-0.1, -0.05) is 41.4 Å². The lowest BCUT2D eigenvalue weighted by Crippen LogP contribution is -2.38. The van der Waals surface area contributed by atoms with E-state index >= 15 is 0 Å². The zero-order valence-corrected chi connectivity index (χ0v) is 21.2. The number of nitrogens with one attached hydrogen (secondary N) is 1. The van der Waals surface area contributed by atoms with Crippen molar-refractivity contribution in [3.8, 4) is 0 Å². The summed E-state index contributed by atoms with van der Waals surface area (Å²) in [6.45, 7) is 1.14. The van der Waals surface area contributed by atoms with Crippen molar-refractivity contribution in [1.29, 1.82) is 0 Å². The fraction of sp³-hybridized carbons (Fsp3) is 0.160. The summed E-state index contributed by atoms with van der Waals surface area (Å²) in [5.74, 6) is -2.25. The van der Waals surface area contributed by atoms with E-state index in [1.54, 1.807) is 24.3 Å². The number of methoxy groups -OCH3 is 2. The van der Waals surface area contributed by atoms with E-state index in [1.807, 2.05) is 6.92 Å². The number of carbonyl (C=O) groups excluding carboxylic acids is 3. The molecule has 0 aliphatic heterocycles. The summed E-state index contributed by atoms with van der Waals surface area (Å²) in [4.78, 5) is 37.3. The highest BCUT2D eigenvalue weighted by molar-refractivity contribution is 7.92. The Labute approximate surface area is 213 Å². The van der Waals surface area contributed by atoms with Crippen molar-refractivity contribution in [2.75, 3.05) is 30.4 Å². The van der Waals surface area contributed by atoms with Crippen molar-refractivity contribution in [3.63, 3.8) is 0 Å². The van der Waals surface area contributed by atoms with Gasteiger partial charge in [0, 0.05) is 0 Å². The number of ether oxygens (including phenoxy) is 2. The molecule has 0 unspecified atom stereocenters. The van der Waals surface area contributed by atoms with Gasteiger partial charge in [-0.15, -0.1) is 0 Å². The van der Waals surface area contributed by atoms with Gasteiger partial charge < -0.3 is 14.8 Å². The van der Waals surface area contributed by atoms with Crippen LogP contribution < -0.4 is 9.62 Å². The predicted molar refractivity (Wildman–Crippen MR) is 135 cm³/mol. The molecule has 0 aliphatic carbocycles. The Morgan fingerprint density at radius 3 is 2.17 bits per heavy atom. The molecule has 0 saturated carbocycles. The van der Waals surface area contributed by atoms with E-state index in [0.29, 0.717) is 0 Å². The number of nitrogens with zero attached hydrogens (tertiary/aromatic N) is 1. The molecule has 0 heterocycles. The number of halogens is 1. The lowest BCUT2D eigenvalue weighted by molar-refractivity contribution is -0.114. The Morgan fingerprint density at radius 1 is 0.917 bits per heavy atom. The smallest absolute Gasteiger partial charge is 0.339 e. The molecule has 1 amide bonds. The van der Waals surface area contributed by atoms with Crippen molar-refractivity contribution < 1.29 is 32.3 Å². The molecule has 36 heavy (non-hydrogen) atoms. The van der Waals surface area contributed by atoms with Gasteiger partial charge in [0.25, 0.3) is 10.0 Å². The fourth-order valence-electron chi connectivity index (χ4n) is 3.29. The van der Waals surface area contributed by atoms with Gasteiger partial charge in [0.05, 0.1) is 46.6 Å². The topological polar surface area (TPSA) is 119 Å². The van der Waals surface area contributed by atoms with Crippen LogP contribution in [0.1, 0.15) is 26.3 Å². The van der Waals surface area contributed by atoms with E-state index in [1.165, 1.54) is 49.6 Å². The molecule has 0 aromatic heterocycles. The summed E-state index contributed by atoms with van der Waals surface area (Å²) in [7, 11) is -1.87. The first kappa shape index (κ1) is 26.7. The van der Waals surface area contributed by atoms with Crippen LogP contribution >= 0.6 is 11.6 Å². The molecular formula is C25H23ClN2O7S. The van der Waals surface area contributed by atoms with Crippen molar-refractivity contribution in [3.05, 3.63) is 88.4 Å². The second-order valence-corrected chi connectivity index (χ2v) is 9.84. The molecule has 3 aromatic carbocycles. The number of hydrogen-bond acceptors (Lipinski definition) is 7. The van der Waals surface area contributed by atoms with Crippen LogP contribution in [0.5, 0.6) is 0 Å². The Kier molecular flexibility index (Phi) is 8.33. The lowest BCUT2D eigenvalue weighted by Gasteiger charge is -2.25. The Bertz CT molecular complexity index is 1410. The van der Waals surface area contributed by atoms with Crippen LogP contribution in [0, 0.1) is 6.92 Å². The highest BCUT2D eigenvalue weighted by Crippen LogP contribution is 2.30. The number of sulfonamides is 1. The molecule has 0 spiro atoms. The monoisotopic (exact) mass is 530 g/mol. The summed E-state index contributed by atoms with van der Waals surface area (Å²) >= 11 is 6.29. The van der Waals surface area contributed by atoms with E-state index < -0.39 is 34.4 Å². The summed E-state index contributed by atoms with van der Waals surface area (Å²) in [6, 6.07) is 16.2. The maximum absolute atomic E-state index is 13.5. The number of aryl methyl sites for hydroxylation is 1. The van der Waals surface area contributed by atoms with Gasteiger partial charge in [0.2, 0.25) is 5.91 Å². The molecule has 11 heteroatoms. The first-order valence-corrected chi connectivity index (χ1v) is 12.3. The third kappa shape index (κ3) is 5.84. The fourth-order valence-corrected chi connectivity index (χ4v) is 5.02. The summed E-state index contributed by atoms with van der Waals surface area (Å²) in [5, 5.41) is 2.62. The summed E-state index contributed by atoms with van der Waals surface area (Å²) < 4.78 is 37.4. The third-order valence-corrected chi connectivity index (χ3v) is 7.23. The average molecular weight is 531 g/mol. The number of benzene rings is 3. The predicted octanol–water partition coefficient (Wildman–Crippen LogP) is 4.06. The van der Waals surface area contributed by atoms with Crippen LogP contribution in [0.4, 0.5) is 11.4 Å².